The Labute approximate surface area is 165 Å². The van der Waals surface area contributed by atoms with Gasteiger partial charge in [0.15, 0.2) is 0 Å². The first-order valence-electron chi connectivity index (χ1n) is 9.94. The van der Waals surface area contributed by atoms with Crippen LogP contribution >= 0.6 is 0 Å². The van der Waals surface area contributed by atoms with Crippen LogP contribution in [0.2, 0.25) is 0 Å². The molecule has 0 aromatic carbocycles. The number of carboxylic acids is 2. The first-order chi connectivity index (χ1) is 11.5. The number of aliphatic carboxylic acids is 2. The van der Waals surface area contributed by atoms with Crippen molar-refractivity contribution in [3.05, 3.63) is 0 Å². The Morgan fingerprint density at radius 1 is 0.560 bits per heavy atom. The molecule has 4 nitrogen and oxygen atoms in total. The van der Waals surface area contributed by atoms with E-state index in [1.165, 1.54) is 77.0 Å². The Morgan fingerprint density at radius 2 is 0.720 bits per heavy atom. The summed E-state index contributed by atoms with van der Waals surface area (Å²) >= 11 is 0. The molecule has 0 saturated heterocycles. The Morgan fingerprint density at radius 3 is 0.760 bits per heavy atom. The third kappa shape index (κ3) is 35.4. The van der Waals surface area contributed by atoms with Crippen molar-refractivity contribution in [2.75, 3.05) is 0 Å². The summed E-state index contributed by atoms with van der Waals surface area (Å²) in [6.45, 7) is 3.60. The minimum atomic E-state index is -0.961. The predicted octanol–water partition coefficient (Wildman–Crippen LogP) is 3.75. The summed E-state index contributed by atoms with van der Waals surface area (Å²) in [5, 5.41) is 19.0. The fourth-order valence-electron chi connectivity index (χ4n) is 2.53. The van der Waals surface area contributed by atoms with Crippen LogP contribution in [0.3, 0.4) is 0 Å². The second-order valence-corrected chi connectivity index (χ2v) is 6.49. The molecule has 0 atom stereocenters. The molecule has 25 heavy (non-hydrogen) atoms. The van der Waals surface area contributed by atoms with Crippen LogP contribution in [0.1, 0.15) is 117 Å². The zero-order valence-electron chi connectivity index (χ0n) is 16.2. The monoisotopic (exact) mass is 405 g/mol. The molecule has 2 aliphatic carbocycles. The van der Waals surface area contributed by atoms with Crippen LogP contribution < -0.4 is 10.2 Å². The van der Waals surface area contributed by atoms with Gasteiger partial charge in [-0.25, -0.2) is 0 Å². The quantitative estimate of drug-likeness (QED) is 0.667. The van der Waals surface area contributed by atoms with Gasteiger partial charge < -0.3 is 19.8 Å². The zero-order valence-corrected chi connectivity index (χ0v) is 17.2. The number of carbonyl (C=O) groups excluding carboxylic acids is 2. The Hall–Kier alpha value is -0.541. The van der Waals surface area contributed by atoms with Gasteiger partial charge in [-0.15, -0.1) is 0 Å². The maximum atomic E-state index is 9.49. The van der Waals surface area contributed by atoms with Crippen molar-refractivity contribution in [1.29, 1.82) is 0 Å². The van der Waals surface area contributed by atoms with Gasteiger partial charge in [0.25, 0.3) is 0 Å². The molecular weight excluding hydrogens is 368 g/mol. The predicted molar refractivity (Wildman–Crippen MR) is 95.2 cm³/mol. The van der Waals surface area contributed by atoms with Gasteiger partial charge in [0, 0.05) is 11.9 Å². The first kappa shape index (κ1) is 29.2. The normalized spacial score (nSPS) is 15.4. The summed E-state index contributed by atoms with van der Waals surface area (Å²) in [5.41, 5.74) is 0. The minimum absolute atomic E-state index is 0. The molecule has 0 aromatic rings. The molecule has 153 valence electrons. The molecule has 0 aliphatic heterocycles. The van der Waals surface area contributed by atoms with Crippen LogP contribution in [0.4, 0.5) is 0 Å². The second kappa shape index (κ2) is 25.7. The second-order valence-electron chi connectivity index (χ2n) is 6.49. The molecule has 5 heteroatoms. The summed E-state index contributed by atoms with van der Waals surface area (Å²) in [5.74, 6) is -1.92. The van der Waals surface area contributed by atoms with Gasteiger partial charge in [0.05, 0.1) is 0 Å². The van der Waals surface area contributed by atoms with Crippen LogP contribution in [0, 0.1) is 0 Å². The van der Waals surface area contributed by atoms with Crippen molar-refractivity contribution in [1.82, 2.24) is 0 Å². The van der Waals surface area contributed by atoms with Gasteiger partial charge in [-0.3, -0.25) is 0 Å². The molecule has 2 fully saturated rings. The molecule has 2 saturated carbocycles. The van der Waals surface area contributed by atoms with Gasteiger partial charge in [0.2, 0.25) is 0 Å². The van der Waals surface area contributed by atoms with Gasteiger partial charge in [-0.1, -0.05) is 104 Å². The van der Waals surface area contributed by atoms with E-state index in [0.717, 1.165) is 0 Å². The van der Waals surface area contributed by atoms with Crippen molar-refractivity contribution in [2.45, 2.75) is 117 Å². The molecule has 2 aliphatic rings. The maximum absolute atomic E-state index is 9.49. The van der Waals surface area contributed by atoms with E-state index in [0.29, 0.717) is 12.8 Å². The molecule has 0 aromatic heterocycles. The molecule has 0 amide bonds. The van der Waals surface area contributed by atoms with Crippen LogP contribution in [0.15, 0.2) is 0 Å². The summed E-state index contributed by atoms with van der Waals surface area (Å²) in [4.78, 5) is 19.0. The number of carbonyl (C=O) groups is 2. The van der Waals surface area contributed by atoms with Crippen LogP contribution in [-0.2, 0) is 26.7 Å². The molecule has 0 spiro atoms. The largest absolute Gasteiger partial charge is 2.00 e. The Bertz CT molecular complexity index is 224. The van der Waals surface area contributed by atoms with E-state index >= 15 is 0 Å². The van der Waals surface area contributed by atoms with E-state index in [2.05, 4.69) is 0 Å². The van der Waals surface area contributed by atoms with E-state index in [4.69, 9.17) is 0 Å². The van der Waals surface area contributed by atoms with Gasteiger partial charge in [0.1, 0.15) is 0 Å². The Balaban J connectivity index is -0.000000255. The van der Waals surface area contributed by atoms with E-state index in [9.17, 15) is 19.8 Å². The van der Waals surface area contributed by atoms with Crippen molar-refractivity contribution in [3.63, 3.8) is 0 Å². The first-order valence-corrected chi connectivity index (χ1v) is 9.94. The SMILES string of the molecule is C1CCCCC1.C1CCCCC1.CCCC(=O)[O-].CCCC(=O)[O-].[Cu+2]. The van der Waals surface area contributed by atoms with Gasteiger partial charge in [-0.05, 0) is 12.8 Å². The van der Waals surface area contributed by atoms with Crippen LogP contribution in [-0.4, -0.2) is 11.9 Å². The standard InChI is InChI=1S/2C6H12.2C4H8O2.Cu/c2*1-2-4-6-5-3-1;2*1-2-3-4(5)6;/h2*1-6H2;2*2-3H2,1H3,(H,5,6);/q;;;;+2/p-2. The summed E-state index contributed by atoms with van der Waals surface area (Å²) in [6, 6.07) is 0. The zero-order chi connectivity index (χ0) is 18.5. The van der Waals surface area contributed by atoms with Crippen LogP contribution in [0.5, 0.6) is 0 Å². The summed E-state index contributed by atoms with van der Waals surface area (Å²) in [7, 11) is 0. The van der Waals surface area contributed by atoms with Gasteiger partial charge >= 0.3 is 17.1 Å². The number of hydrogen-bond donors (Lipinski definition) is 0. The average molecular weight is 406 g/mol. The van der Waals surface area contributed by atoms with Crippen molar-refractivity contribution in [2.24, 2.45) is 0 Å². The number of carboxylic acid groups (broad SMARTS) is 2. The third-order valence-electron chi connectivity index (χ3n) is 3.91. The van der Waals surface area contributed by atoms with Crippen molar-refractivity contribution in [3.8, 4) is 0 Å². The molecule has 0 N–H and O–H groups in total. The topological polar surface area (TPSA) is 80.3 Å². The molecule has 1 radical (unpaired) electrons. The van der Waals surface area contributed by atoms with Crippen LogP contribution in [0.25, 0.3) is 0 Å². The third-order valence-corrected chi connectivity index (χ3v) is 3.91. The molecule has 2 rings (SSSR count). The molecule has 0 bridgehead atoms. The minimum Gasteiger partial charge on any atom is -0.550 e. The number of rotatable bonds is 4. The smallest absolute Gasteiger partial charge is 0.550 e. The van der Waals surface area contributed by atoms with E-state index in [1.54, 1.807) is 13.8 Å². The summed E-state index contributed by atoms with van der Waals surface area (Å²) < 4.78 is 0. The fraction of sp³-hybridized carbons (Fsp3) is 0.900. The Kier molecular flexibility index (Phi) is 30.0. The number of hydrogen-bond acceptors (Lipinski definition) is 4. The van der Waals surface area contributed by atoms with Crippen molar-refractivity contribution < 1.29 is 36.9 Å². The summed E-state index contributed by atoms with van der Waals surface area (Å²) in [6.07, 6.45) is 19.7. The van der Waals surface area contributed by atoms with E-state index in [-0.39, 0.29) is 29.9 Å². The molecule has 0 unspecified atom stereocenters. The van der Waals surface area contributed by atoms with E-state index < -0.39 is 11.9 Å². The van der Waals surface area contributed by atoms with Gasteiger partial charge in [-0.2, -0.15) is 0 Å². The molecule has 0 heterocycles. The maximum Gasteiger partial charge on any atom is 2.00 e. The van der Waals surface area contributed by atoms with E-state index in [1.807, 2.05) is 0 Å². The molecular formula is C20H38CuO4. The average Bonchev–Trinajstić information content (AvgIpc) is 2.59. The van der Waals surface area contributed by atoms with Crippen molar-refractivity contribution >= 4 is 11.9 Å². The fourth-order valence-corrected chi connectivity index (χ4v) is 2.53.